The van der Waals surface area contributed by atoms with E-state index in [0.717, 1.165) is 0 Å². The molecule has 4 N–H and O–H groups in total. The number of phenols is 1. The molecule has 1 rings (SSSR count). The maximum atomic E-state index is 11.6. The molecule has 0 heterocycles. The van der Waals surface area contributed by atoms with E-state index in [1.54, 1.807) is 11.9 Å². The van der Waals surface area contributed by atoms with Gasteiger partial charge in [0.25, 0.3) is 0 Å². The van der Waals surface area contributed by atoms with Gasteiger partial charge in [-0.1, -0.05) is 0 Å². The molecule has 0 aliphatic heterocycles. The summed E-state index contributed by atoms with van der Waals surface area (Å²) in [5.41, 5.74) is 5.66. The van der Waals surface area contributed by atoms with Crippen LogP contribution in [0.25, 0.3) is 0 Å². The molecular weight excluding hydrogens is 302 g/mol. The number of aromatic hydroxyl groups is 1. The van der Waals surface area contributed by atoms with Crippen LogP contribution in [0.3, 0.4) is 0 Å². The molecule has 0 saturated carbocycles. The lowest BCUT2D eigenvalue weighted by Crippen LogP contribution is -2.35. The van der Waals surface area contributed by atoms with Crippen molar-refractivity contribution in [3.8, 4) is 5.75 Å². The number of phenolic OH excluding ortho intramolecular Hbond substituents is 1. The number of guanidine groups is 1. The molecule has 0 bridgehead atoms. The summed E-state index contributed by atoms with van der Waals surface area (Å²) >= 11 is 0. The van der Waals surface area contributed by atoms with Crippen LogP contribution in [0, 0.1) is 5.41 Å². The van der Waals surface area contributed by atoms with Gasteiger partial charge in [-0.05, 0) is 24.3 Å². The number of hydrogen-bond donors (Lipinski definition) is 3. The summed E-state index contributed by atoms with van der Waals surface area (Å²) in [5.74, 6) is -0.364. The van der Waals surface area contributed by atoms with Gasteiger partial charge < -0.3 is 30.0 Å². The fourth-order valence-corrected chi connectivity index (χ4v) is 1.52. The second-order valence-corrected chi connectivity index (χ2v) is 4.71. The standard InChI is InChI=1S/C15H23N3O5/c1-18(15(16)17)6-7-21-8-9-22-10-11-23-14(20)12-2-4-13(19)5-3-12/h2-5,19H,6-11H2,1H3,(H3,16,17). The Hall–Kier alpha value is -2.32. The molecule has 0 aromatic heterocycles. The zero-order valence-corrected chi connectivity index (χ0v) is 13.2. The molecule has 0 aliphatic carbocycles. The van der Waals surface area contributed by atoms with Crippen LogP contribution in [0.15, 0.2) is 24.3 Å². The third kappa shape index (κ3) is 8.03. The van der Waals surface area contributed by atoms with Crippen molar-refractivity contribution in [2.45, 2.75) is 0 Å². The average molecular weight is 325 g/mol. The summed E-state index contributed by atoms with van der Waals surface area (Å²) in [6, 6.07) is 5.83. The quantitative estimate of drug-likeness (QED) is 0.247. The highest BCUT2D eigenvalue weighted by atomic mass is 16.6. The van der Waals surface area contributed by atoms with Gasteiger partial charge in [-0.3, -0.25) is 5.41 Å². The third-order valence-corrected chi connectivity index (χ3v) is 2.92. The fraction of sp³-hybridized carbons (Fsp3) is 0.467. The summed E-state index contributed by atoms with van der Waals surface area (Å²) < 4.78 is 15.6. The highest BCUT2D eigenvalue weighted by Crippen LogP contribution is 2.10. The molecule has 23 heavy (non-hydrogen) atoms. The molecule has 0 aliphatic rings. The minimum absolute atomic E-state index is 0.000273. The summed E-state index contributed by atoms with van der Waals surface area (Å²) in [4.78, 5) is 13.2. The first-order chi connectivity index (χ1) is 11.0. The Labute approximate surface area is 135 Å². The molecule has 0 amide bonds. The van der Waals surface area contributed by atoms with Crippen LogP contribution in [0.4, 0.5) is 0 Å². The first kappa shape index (κ1) is 18.7. The molecule has 0 spiro atoms. The Kier molecular flexibility index (Phi) is 8.48. The molecule has 8 heteroatoms. The molecule has 0 unspecified atom stereocenters. The van der Waals surface area contributed by atoms with Gasteiger partial charge >= 0.3 is 5.97 Å². The SMILES string of the molecule is CN(CCOCCOCCOC(=O)c1ccc(O)cc1)C(=N)N. The number of likely N-dealkylation sites (N-methyl/N-ethyl adjacent to an activating group) is 1. The number of benzene rings is 1. The van der Waals surface area contributed by atoms with Crippen molar-refractivity contribution in [2.75, 3.05) is 46.6 Å². The van der Waals surface area contributed by atoms with Gasteiger partial charge in [0.15, 0.2) is 5.96 Å². The van der Waals surface area contributed by atoms with E-state index in [1.165, 1.54) is 24.3 Å². The summed E-state index contributed by atoms with van der Waals surface area (Å²) in [6.07, 6.45) is 0. The zero-order chi connectivity index (χ0) is 17.1. The van der Waals surface area contributed by atoms with Crippen molar-refractivity contribution >= 4 is 11.9 Å². The molecule has 0 atom stereocenters. The van der Waals surface area contributed by atoms with Crippen molar-refractivity contribution in [2.24, 2.45) is 5.73 Å². The van der Waals surface area contributed by atoms with Gasteiger partial charge in [-0.15, -0.1) is 0 Å². The average Bonchev–Trinajstić information content (AvgIpc) is 2.53. The van der Waals surface area contributed by atoms with Gasteiger partial charge in [0.05, 0.1) is 32.0 Å². The van der Waals surface area contributed by atoms with E-state index < -0.39 is 5.97 Å². The number of nitrogens with one attached hydrogen (secondary N) is 1. The van der Waals surface area contributed by atoms with Gasteiger partial charge in [0.1, 0.15) is 12.4 Å². The number of esters is 1. The lowest BCUT2D eigenvalue weighted by atomic mass is 10.2. The van der Waals surface area contributed by atoms with Gasteiger partial charge in [0, 0.05) is 13.6 Å². The smallest absolute Gasteiger partial charge is 0.338 e. The van der Waals surface area contributed by atoms with E-state index in [9.17, 15) is 4.79 Å². The monoisotopic (exact) mass is 325 g/mol. The van der Waals surface area contributed by atoms with Gasteiger partial charge in [-0.2, -0.15) is 0 Å². The summed E-state index contributed by atoms with van der Waals surface area (Å²) in [5, 5.41) is 16.3. The number of hydrogen-bond acceptors (Lipinski definition) is 6. The molecule has 0 fully saturated rings. The van der Waals surface area contributed by atoms with Crippen LogP contribution in [-0.2, 0) is 14.2 Å². The van der Waals surface area contributed by atoms with Crippen molar-refractivity contribution < 1.29 is 24.1 Å². The van der Waals surface area contributed by atoms with E-state index >= 15 is 0 Å². The van der Waals surface area contributed by atoms with E-state index in [0.29, 0.717) is 31.9 Å². The van der Waals surface area contributed by atoms with E-state index in [1.807, 2.05) is 0 Å². The first-order valence-electron chi connectivity index (χ1n) is 7.17. The molecule has 0 radical (unpaired) electrons. The molecule has 8 nitrogen and oxygen atoms in total. The van der Waals surface area contributed by atoms with Crippen LogP contribution in [0.1, 0.15) is 10.4 Å². The van der Waals surface area contributed by atoms with E-state index in [4.69, 9.17) is 30.5 Å². The van der Waals surface area contributed by atoms with Crippen molar-refractivity contribution in [3.63, 3.8) is 0 Å². The van der Waals surface area contributed by atoms with Crippen molar-refractivity contribution in [1.29, 1.82) is 5.41 Å². The summed E-state index contributed by atoms with van der Waals surface area (Å²) in [7, 11) is 1.71. The minimum Gasteiger partial charge on any atom is -0.508 e. The molecule has 128 valence electrons. The van der Waals surface area contributed by atoms with Gasteiger partial charge in [0.2, 0.25) is 0 Å². The Balaban J connectivity index is 1.98. The van der Waals surface area contributed by atoms with Crippen LogP contribution in [0.2, 0.25) is 0 Å². The molecular formula is C15H23N3O5. The van der Waals surface area contributed by atoms with Crippen LogP contribution >= 0.6 is 0 Å². The van der Waals surface area contributed by atoms with E-state index in [2.05, 4.69) is 0 Å². The normalized spacial score (nSPS) is 10.3. The maximum absolute atomic E-state index is 11.6. The maximum Gasteiger partial charge on any atom is 0.338 e. The predicted octanol–water partition coefficient (Wildman–Crippen LogP) is 0.407. The van der Waals surface area contributed by atoms with Gasteiger partial charge in [-0.25, -0.2) is 4.79 Å². The molecule has 1 aromatic carbocycles. The topological polar surface area (TPSA) is 118 Å². The number of carbonyl (C=O) groups is 1. The third-order valence-electron chi connectivity index (χ3n) is 2.92. The van der Waals surface area contributed by atoms with Crippen LogP contribution < -0.4 is 5.73 Å². The largest absolute Gasteiger partial charge is 0.508 e. The lowest BCUT2D eigenvalue weighted by Gasteiger charge is -2.16. The number of nitrogens with zero attached hydrogens (tertiary/aromatic N) is 1. The number of carbonyl (C=O) groups excluding carboxylic acids is 1. The second-order valence-electron chi connectivity index (χ2n) is 4.71. The Morgan fingerprint density at radius 1 is 1.13 bits per heavy atom. The van der Waals surface area contributed by atoms with Crippen molar-refractivity contribution in [1.82, 2.24) is 4.90 Å². The molecule has 1 aromatic rings. The lowest BCUT2D eigenvalue weighted by molar-refractivity contribution is 0.0137. The number of nitrogens with two attached hydrogens (primary N) is 1. The Morgan fingerprint density at radius 3 is 2.30 bits per heavy atom. The minimum atomic E-state index is -0.461. The highest BCUT2D eigenvalue weighted by molar-refractivity contribution is 5.89. The van der Waals surface area contributed by atoms with Crippen LogP contribution in [0.5, 0.6) is 5.75 Å². The Morgan fingerprint density at radius 2 is 1.70 bits per heavy atom. The second kappa shape index (κ2) is 10.4. The predicted molar refractivity (Wildman–Crippen MR) is 84.6 cm³/mol. The molecule has 0 saturated heterocycles. The first-order valence-corrected chi connectivity index (χ1v) is 7.17. The van der Waals surface area contributed by atoms with Crippen molar-refractivity contribution in [3.05, 3.63) is 29.8 Å². The summed E-state index contributed by atoms with van der Waals surface area (Å²) in [6.45, 7) is 2.22. The highest BCUT2D eigenvalue weighted by Gasteiger charge is 2.06. The fourth-order valence-electron chi connectivity index (χ4n) is 1.52. The number of ether oxygens (including phenoxy) is 3. The van der Waals surface area contributed by atoms with Crippen LogP contribution in [-0.4, -0.2) is 68.6 Å². The Bertz CT molecular complexity index is 492. The number of rotatable bonds is 10. The van der Waals surface area contributed by atoms with E-state index in [-0.39, 0.29) is 24.9 Å². The zero-order valence-electron chi connectivity index (χ0n) is 13.2.